The molecule has 0 aliphatic heterocycles. The predicted octanol–water partition coefficient (Wildman–Crippen LogP) is 3.85. The first-order valence-corrected chi connectivity index (χ1v) is 7.48. The van der Waals surface area contributed by atoms with Crippen molar-refractivity contribution in [3.63, 3.8) is 0 Å². The van der Waals surface area contributed by atoms with Gasteiger partial charge in [0.15, 0.2) is 0 Å². The maximum absolute atomic E-state index is 12.4. The lowest BCUT2D eigenvalue weighted by atomic mass is 10.2. The molecule has 21 heavy (non-hydrogen) atoms. The van der Waals surface area contributed by atoms with E-state index in [9.17, 15) is 9.59 Å². The van der Waals surface area contributed by atoms with Gasteiger partial charge in [-0.05, 0) is 25.0 Å². The molecule has 0 aromatic heterocycles. The van der Waals surface area contributed by atoms with E-state index in [4.69, 9.17) is 28.3 Å². The summed E-state index contributed by atoms with van der Waals surface area (Å²) in [7, 11) is 0. The molecule has 1 aromatic rings. The zero-order chi connectivity index (χ0) is 15.4. The zero-order valence-electron chi connectivity index (χ0n) is 11.3. The molecule has 2 amide bonds. The van der Waals surface area contributed by atoms with Crippen LogP contribution < -0.4 is 5.32 Å². The van der Waals surface area contributed by atoms with Crippen LogP contribution in [0, 0.1) is 0 Å². The van der Waals surface area contributed by atoms with Gasteiger partial charge in [0, 0.05) is 6.04 Å². The molecule has 2 N–H and O–H groups in total. The van der Waals surface area contributed by atoms with Gasteiger partial charge >= 0.3 is 12.0 Å². The lowest BCUT2D eigenvalue weighted by Gasteiger charge is -2.27. The Labute approximate surface area is 132 Å². The van der Waals surface area contributed by atoms with Crippen LogP contribution >= 0.6 is 23.2 Å². The highest BCUT2D eigenvalue weighted by Gasteiger charge is 2.29. The molecule has 0 saturated heterocycles. The van der Waals surface area contributed by atoms with E-state index in [1.807, 2.05) is 0 Å². The van der Waals surface area contributed by atoms with E-state index in [1.165, 1.54) is 4.90 Å². The molecular weight excluding hydrogens is 315 g/mol. The van der Waals surface area contributed by atoms with E-state index in [1.54, 1.807) is 18.2 Å². The number of nitrogens with zero attached hydrogens (tertiary/aromatic N) is 1. The lowest BCUT2D eigenvalue weighted by molar-refractivity contribution is -0.138. The molecule has 0 atom stereocenters. The van der Waals surface area contributed by atoms with Crippen molar-refractivity contribution in [1.82, 2.24) is 4.90 Å². The maximum Gasteiger partial charge on any atom is 0.323 e. The van der Waals surface area contributed by atoms with Crippen molar-refractivity contribution in [3.05, 3.63) is 28.2 Å². The van der Waals surface area contributed by atoms with Crippen LogP contribution in [-0.2, 0) is 4.79 Å². The molecule has 0 spiro atoms. The Hall–Kier alpha value is -1.46. The number of carboxylic acids is 1. The molecule has 1 saturated carbocycles. The third-order valence-electron chi connectivity index (χ3n) is 3.53. The Balaban J connectivity index is 2.16. The van der Waals surface area contributed by atoms with Crippen molar-refractivity contribution in [2.24, 2.45) is 0 Å². The maximum atomic E-state index is 12.4. The highest BCUT2D eigenvalue weighted by Crippen LogP contribution is 2.31. The topological polar surface area (TPSA) is 69.6 Å². The van der Waals surface area contributed by atoms with Crippen molar-refractivity contribution >= 4 is 40.9 Å². The van der Waals surface area contributed by atoms with Crippen molar-refractivity contribution in [1.29, 1.82) is 0 Å². The van der Waals surface area contributed by atoms with Gasteiger partial charge in [0.1, 0.15) is 6.54 Å². The fourth-order valence-electron chi connectivity index (χ4n) is 2.52. The first-order chi connectivity index (χ1) is 9.99. The van der Waals surface area contributed by atoms with Gasteiger partial charge in [-0.1, -0.05) is 42.1 Å². The Bertz CT molecular complexity index is 525. The number of hydrogen-bond donors (Lipinski definition) is 2. The Morgan fingerprint density at radius 3 is 2.33 bits per heavy atom. The predicted molar refractivity (Wildman–Crippen MR) is 82.1 cm³/mol. The van der Waals surface area contributed by atoms with Crippen LogP contribution in [0.3, 0.4) is 0 Å². The molecule has 1 aliphatic carbocycles. The normalized spacial score (nSPS) is 15.0. The molecule has 1 aliphatic rings. The number of carboxylic acid groups (broad SMARTS) is 1. The number of halogens is 2. The minimum absolute atomic E-state index is 0.0534. The van der Waals surface area contributed by atoms with Crippen LogP contribution in [0.1, 0.15) is 25.7 Å². The SMILES string of the molecule is O=C(O)CN(C(=O)Nc1c(Cl)cccc1Cl)C1CCCC1. The van der Waals surface area contributed by atoms with Gasteiger partial charge in [-0.3, -0.25) is 4.79 Å². The average Bonchev–Trinajstić information content (AvgIpc) is 2.93. The van der Waals surface area contributed by atoms with E-state index >= 15 is 0 Å². The van der Waals surface area contributed by atoms with E-state index < -0.39 is 12.0 Å². The van der Waals surface area contributed by atoms with Crippen molar-refractivity contribution in [3.8, 4) is 0 Å². The number of urea groups is 1. The molecule has 114 valence electrons. The second kappa shape index (κ2) is 7.00. The number of amides is 2. The van der Waals surface area contributed by atoms with Gasteiger partial charge in [0.25, 0.3) is 0 Å². The summed E-state index contributed by atoms with van der Waals surface area (Å²) in [5.74, 6) is -1.04. The van der Waals surface area contributed by atoms with Crippen LogP contribution in [0.2, 0.25) is 10.0 Å². The number of carbonyl (C=O) groups is 2. The number of carbonyl (C=O) groups excluding carboxylic acids is 1. The molecule has 0 heterocycles. The Morgan fingerprint density at radius 2 is 1.81 bits per heavy atom. The van der Waals surface area contributed by atoms with Crippen molar-refractivity contribution in [2.45, 2.75) is 31.7 Å². The standard InChI is InChI=1S/C14H16Cl2N2O3/c15-10-6-3-7-11(16)13(10)17-14(21)18(8-12(19)20)9-4-1-2-5-9/h3,6-7,9H,1-2,4-5,8H2,(H,17,21)(H,19,20). The molecule has 2 rings (SSSR count). The van der Waals surface area contributed by atoms with E-state index in [0.717, 1.165) is 25.7 Å². The summed E-state index contributed by atoms with van der Waals surface area (Å²) < 4.78 is 0. The van der Waals surface area contributed by atoms with Gasteiger partial charge in [0.2, 0.25) is 0 Å². The highest BCUT2D eigenvalue weighted by atomic mass is 35.5. The number of nitrogens with one attached hydrogen (secondary N) is 1. The van der Waals surface area contributed by atoms with E-state index in [0.29, 0.717) is 15.7 Å². The highest BCUT2D eigenvalue weighted by molar-refractivity contribution is 6.39. The molecule has 0 unspecified atom stereocenters. The first-order valence-electron chi connectivity index (χ1n) is 6.72. The van der Waals surface area contributed by atoms with Gasteiger partial charge in [-0.15, -0.1) is 0 Å². The second-order valence-corrected chi connectivity index (χ2v) is 5.80. The molecule has 7 heteroatoms. The molecule has 1 fully saturated rings. The third-order valence-corrected chi connectivity index (χ3v) is 4.16. The summed E-state index contributed by atoms with van der Waals surface area (Å²) in [6.45, 7) is -0.335. The summed E-state index contributed by atoms with van der Waals surface area (Å²) in [6, 6.07) is 4.36. The second-order valence-electron chi connectivity index (χ2n) is 4.99. The Morgan fingerprint density at radius 1 is 1.24 bits per heavy atom. The number of rotatable bonds is 4. The number of hydrogen-bond acceptors (Lipinski definition) is 2. The fraction of sp³-hybridized carbons (Fsp3) is 0.429. The van der Waals surface area contributed by atoms with Crippen molar-refractivity contribution in [2.75, 3.05) is 11.9 Å². The van der Waals surface area contributed by atoms with Crippen LogP contribution in [-0.4, -0.2) is 34.6 Å². The van der Waals surface area contributed by atoms with Gasteiger partial charge in [-0.25, -0.2) is 4.79 Å². The summed E-state index contributed by atoms with van der Waals surface area (Å²) in [5, 5.41) is 12.2. The third kappa shape index (κ3) is 4.02. The molecule has 0 radical (unpaired) electrons. The summed E-state index contributed by atoms with van der Waals surface area (Å²) in [5.41, 5.74) is 0.305. The number of benzene rings is 1. The largest absolute Gasteiger partial charge is 0.480 e. The summed E-state index contributed by atoms with van der Waals surface area (Å²) in [4.78, 5) is 24.7. The average molecular weight is 331 g/mol. The summed E-state index contributed by atoms with van der Waals surface area (Å²) in [6.07, 6.45) is 3.63. The van der Waals surface area contributed by atoms with E-state index in [-0.39, 0.29) is 12.6 Å². The van der Waals surface area contributed by atoms with Crippen LogP contribution in [0.15, 0.2) is 18.2 Å². The summed E-state index contributed by atoms with van der Waals surface area (Å²) >= 11 is 12.0. The minimum atomic E-state index is -1.04. The smallest absolute Gasteiger partial charge is 0.323 e. The van der Waals surface area contributed by atoms with E-state index in [2.05, 4.69) is 5.32 Å². The Kier molecular flexibility index (Phi) is 5.31. The molecule has 0 bridgehead atoms. The molecule has 1 aromatic carbocycles. The number of para-hydroxylation sites is 1. The van der Waals surface area contributed by atoms with Gasteiger partial charge in [-0.2, -0.15) is 0 Å². The van der Waals surface area contributed by atoms with Gasteiger partial charge < -0.3 is 15.3 Å². The van der Waals surface area contributed by atoms with Crippen LogP contribution in [0.5, 0.6) is 0 Å². The quantitative estimate of drug-likeness (QED) is 0.880. The number of aliphatic carboxylic acids is 1. The molecular formula is C14H16Cl2N2O3. The van der Waals surface area contributed by atoms with Crippen molar-refractivity contribution < 1.29 is 14.7 Å². The van der Waals surface area contributed by atoms with Crippen LogP contribution in [0.25, 0.3) is 0 Å². The fourth-order valence-corrected chi connectivity index (χ4v) is 3.02. The monoisotopic (exact) mass is 330 g/mol. The lowest BCUT2D eigenvalue weighted by Crippen LogP contribution is -2.44. The number of anilines is 1. The molecule has 5 nitrogen and oxygen atoms in total. The van der Waals surface area contributed by atoms with Crippen LogP contribution in [0.4, 0.5) is 10.5 Å². The zero-order valence-corrected chi connectivity index (χ0v) is 12.8. The first kappa shape index (κ1) is 15.9. The van der Waals surface area contributed by atoms with Gasteiger partial charge in [0.05, 0.1) is 15.7 Å². The minimum Gasteiger partial charge on any atom is -0.480 e.